The fourth-order valence-corrected chi connectivity index (χ4v) is 5.32. The molecule has 0 bridgehead atoms. The zero-order chi connectivity index (χ0) is 21.1. The topological polar surface area (TPSA) is 104 Å². The zero-order valence-electron chi connectivity index (χ0n) is 17.0. The Bertz CT molecular complexity index is 1180. The van der Waals surface area contributed by atoms with Gasteiger partial charge in [0.2, 0.25) is 0 Å². The van der Waals surface area contributed by atoms with E-state index < -0.39 is 15.8 Å². The van der Waals surface area contributed by atoms with Crippen molar-refractivity contribution in [2.75, 3.05) is 4.72 Å². The lowest BCUT2D eigenvalue weighted by Gasteiger charge is -2.19. The van der Waals surface area contributed by atoms with Gasteiger partial charge in [-0.15, -0.1) is 0 Å². The molecule has 3 aromatic rings. The van der Waals surface area contributed by atoms with Gasteiger partial charge in [-0.1, -0.05) is 43.9 Å². The molecule has 7 nitrogen and oxygen atoms in total. The summed E-state index contributed by atoms with van der Waals surface area (Å²) in [6, 6.07) is 12.0. The summed E-state index contributed by atoms with van der Waals surface area (Å²) in [4.78, 5) is 13.9. The van der Waals surface area contributed by atoms with Crippen LogP contribution < -0.4 is 15.8 Å². The number of sulfonamides is 1. The molecule has 1 atom stereocenters. The van der Waals surface area contributed by atoms with E-state index in [4.69, 9.17) is 4.42 Å². The lowest BCUT2D eigenvalue weighted by Crippen LogP contribution is -2.28. The van der Waals surface area contributed by atoms with E-state index in [9.17, 15) is 13.2 Å². The van der Waals surface area contributed by atoms with E-state index in [-0.39, 0.29) is 4.90 Å². The van der Waals surface area contributed by atoms with Crippen molar-refractivity contribution >= 4 is 26.8 Å². The van der Waals surface area contributed by atoms with Crippen molar-refractivity contribution in [3.63, 3.8) is 0 Å². The van der Waals surface area contributed by atoms with Gasteiger partial charge in [0.05, 0.1) is 16.1 Å². The van der Waals surface area contributed by atoms with Crippen LogP contribution >= 0.6 is 0 Å². The van der Waals surface area contributed by atoms with Crippen LogP contribution in [0, 0.1) is 5.92 Å². The number of anilines is 1. The Morgan fingerprint density at radius 2 is 1.93 bits per heavy atom. The molecule has 30 heavy (non-hydrogen) atoms. The van der Waals surface area contributed by atoms with Crippen LogP contribution in [0.2, 0.25) is 0 Å². The number of rotatable bonds is 8. The normalized spacial score (nSPS) is 16.2. The van der Waals surface area contributed by atoms with E-state index >= 15 is 0 Å². The van der Waals surface area contributed by atoms with Gasteiger partial charge >= 0.3 is 5.76 Å². The summed E-state index contributed by atoms with van der Waals surface area (Å²) in [7, 11) is -3.82. The Morgan fingerprint density at radius 3 is 2.73 bits per heavy atom. The number of fused-ring (bicyclic) bond motifs is 1. The Kier molecular flexibility index (Phi) is 5.97. The van der Waals surface area contributed by atoms with E-state index in [0.29, 0.717) is 29.4 Å². The molecule has 160 valence electrons. The molecule has 4 rings (SSSR count). The van der Waals surface area contributed by atoms with Crippen LogP contribution in [0.5, 0.6) is 0 Å². The Hall–Kier alpha value is -2.58. The number of aromatic amines is 1. The summed E-state index contributed by atoms with van der Waals surface area (Å²) in [6.07, 6.45) is 6.45. The Labute approximate surface area is 175 Å². The van der Waals surface area contributed by atoms with Crippen molar-refractivity contribution in [1.29, 1.82) is 0 Å². The highest BCUT2D eigenvalue weighted by molar-refractivity contribution is 7.92. The molecule has 8 heteroatoms. The minimum atomic E-state index is -3.82. The van der Waals surface area contributed by atoms with Crippen molar-refractivity contribution in [1.82, 2.24) is 10.3 Å². The first kappa shape index (κ1) is 20.7. The molecule has 1 aromatic heterocycles. The van der Waals surface area contributed by atoms with Crippen molar-refractivity contribution in [3.8, 4) is 0 Å². The summed E-state index contributed by atoms with van der Waals surface area (Å²) in [6.45, 7) is 2.77. The van der Waals surface area contributed by atoms with Crippen molar-refractivity contribution < 1.29 is 12.8 Å². The molecule has 0 spiro atoms. The van der Waals surface area contributed by atoms with Gasteiger partial charge in [0.15, 0.2) is 5.58 Å². The average Bonchev–Trinajstić information content (AvgIpc) is 3.34. The molecule has 1 fully saturated rings. The number of benzene rings is 2. The number of hydrogen-bond acceptors (Lipinski definition) is 5. The van der Waals surface area contributed by atoms with Crippen LogP contribution in [0.25, 0.3) is 11.1 Å². The van der Waals surface area contributed by atoms with E-state index in [1.165, 1.54) is 43.9 Å². The highest BCUT2D eigenvalue weighted by Gasteiger charge is 2.19. The van der Waals surface area contributed by atoms with Crippen molar-refractivity contribution in [3.05, 3.63) is 58.6 Å². The quantitative estimate of drug-likeness (QED) is 0.502. The van der Waals surface area contributed by atoms with Gasteiger partial charge in [-0.25, -0.2) is 13.2 Å². The monoisotopic (exact) mass is 429 g/mol. The number of hydrogen-bond donors (Lipinski definition) is 3. The second kappa shape index (κ2) is 8.65. The molecule has 1 aliphatic carbocycles. The van der Waals surface area contributed by atoms with E-state index in [1.807, 2.05) is 12.1 Å². The first-order valence-electron chi connectivity index (χ1n) is 10.4. The molecular weight excluding hydrogens is 402 g/mol. The molecule has 1 aliphatic rings. The number of aromatic nitrogens is 1. The molecule has 0 unspecified atom stereocenters. The molecule has 0 radical (unpaired) electrons. The number of H-pyrrole nitrogens is 1. The predicted molar refractivity (Wildman–Crippen MR) is 117 cm³/mol. The highest BCUT2D eigenvalue weighted by atomic mass is 32.2. The van der Waals surface area contributed by atoms with Crippen LogP contribution in [0.15, 0.2) is 56.6 Å². The van der Waals surface area contributed by atoms with Gasteiger partial charge in [-0.05, 0) is 49.1 Å². The fourth-order valence-electron chi connectivity index (χ4n) is 4.19. The largest absolute Gasteiger partial charge is 0.417 e. The van der Waals surface area contributed by atoms with Gasteiger partial charge in [0.25, 0.3) is 10.0 Å². The standard InChI is InChI=1S/C22H27N3O4S/c1-15(12-16-6-2-3-7-16)23-14-17-8-4-5-9-19(17)25-30(27,28)18-10-11-21-20(13-18)24-22(26)29-21/h4-5,8-11,13,15-16,23,25H,2-3,6-7,12,14H2,1H3,(H,24,26)/t15-/m0/s1. The molecule has 1 saturated carbocycles. The average molecular weight is 430 g/mol. The number of oxazole rings is 1. The molecule has 2 aromatic carbocycles. The molecule has 1 heterocycles. The Morgan fingerprint density at radius 1 is 1.17 bits per heavy atom. The first-order valence-corrected chi connectivity index (χ1v) is 11.9. The highest BCUT2D eigenvalue weighted by Crippen LogP contribution is 2.29. The van der Waals surface area contributed by atoms with Crippen molar-refractivity contribution in [2.45, 2.75) is 56.5 Å². The van der Waals surface area contributed by atoms with Crippen LogP contribution in [-0.2, 0) is 16.6 Å². The third-order valence-electron chi connectivity index (χ3n) is 5.77. The lowest BCUT2D eigenvalue weighted by molar-refractivity contribution is 0.404. The summed E-state index contributed by atoms with van der Waals surface area (Å²) in [5.74, 6) is 0.182. The van der Waals surface area contributed by atoms with Gasteiger partial charge in [-0.2, -0.15) is 0 Å². The fraction of sp³-hybridized carbons (Fsp3) is 0.409. The minimum absolute atomic E-state index is 0.0596. The van der Waals surface area contributed by atoms with Gasteiger partial charge in [0, 0.05) is 12.6 Å². The third-order valence-corrected chi connectivity index (χ3v) is 7.13. The third kappa shape index (κ3) is 4.76. The van der Waals surface area contributed by atoms with Crippen LogP contribution in [-0.4, -0.2) is 19.4 Å². The maximum atomic E-state index is 12.9. The molecule has 0 aliphatic heterocycles. The number of nitrogens with one attached hydrogen (secondary N) is 3. The van der Waals surface area contributed by atoms with Gasteiger partial charge in [-0.3, -0.25) is 9.71 Å². The molecule has 0 saturated heterocycles. The smallest absolute Gasteiger partial charge is 0.408 e. The minimum Gasteiger partial charge on any atom is -0.408 e. The molecule has 3 N–H and O–H groups in total. The maximum absolute atomic E-state index is 12.9. The molecular formula is C22H27N3O4S. The summed E-state index contributed by atoms with van der Waals surface area (Å²) in [5.41, 5.74) is 2.09. The van der Waals surface area contributed by atoms with E-state index in [1.54, 1.807) is 12.1 Å². The Balaban J connectivity index is 1.47. The van der Waals surface area contributed by atoms with Crippen LogP contribution in [0.4, 0.5) is 5.69 Å². The van der Waals surface area contributed by atoms with Crippen molar-refractivity contribution in [2.24, 2.45) is 5.92 Å². The van der Waals surface area contributed by atoms with E-state index in [2.05, 4.69) is 21.9 Å². The predicted octanol–water partition coefficient (Wildman–Crippen LogP) is 3.98. The second-order valence-electron chi connectivity index (χ2n) is 8.10. The maximum Gasteiger partial charge on any atom is 0.417 e. The summed E-state index contributed by atoms with van der Waals surface area (Å²) in [5, 5.41) is 3.53. The second-order valence-corrected chi connectivity index (χ2v) is 9.79. The SMILES string of the molecule is C[C@@H](CC1CCCC1)NCc1ccccc1NS(=O)(=O)c1ccc2oc(=O)[nH]c2c1. The summed E-state index contributed by atoms with van der Waals surface area (Å²) < 4.78 is 33.5. The van der Waals surface area contributed by atoms with Crippen LogP contribution in [0.3, 0.4) is 0 Å². The van der Waals surface area contributed by atoms with Gasteiger partial charge in [0.1, 0.15) is 0 Å². The summed E-state index contributed by atoms with van der Waals surface area (Å²) >= 11 is 0. The first-order chi connectivity index (χ1) is 14.4. The van der Waals surface area contributed by atoms with E-state index in [0.717, 1.165) is 17.9 Å². The van der Waals surface area contributed by atoms with Crippen LogP contribution in [0.1, 0.15) is 44.6 Å². The number of para-hydroxylation sites is 1. The zero-order valence-corrected chi connectivity index (χ0v) is 17.8. The molecule has 0 amide bonds. The van der Waals surface area contributed by atoms with Gasteiger partial charge < -0.3 is 9.73 Å². The lowest BCUT2D eigenvalue weighted by atomic mass is 9.99.